The van der Waals surface area contributed by atoms with E-state index in [1.165, 1.54) is 0 Å². The summed E-state index contributed by atoms with van der Waals surface area (Å²) in [6.45, 7) is 4.26. The summed E-state index contributed by atoms with van der Waals surface area (Å²) in [5.41, 5.74) is -0.550. The molecule has 152 valence electrons. The number of carboxylic acids is 1. The first-order valence-electron chi connectivity index (χ1n) is 9.63. The van der Waals surface area contributed by atoms with Gasteiger partial charge in [-0.25, -0.2) is 0 Å². The van der Waals surface area contributed by atoms with Crippen molar-refractivity contribution in [3.8, 4) is 11.5 Å². The Morgan fingerprint density at radius 1 is 1.21 bits per heavy atom. The summed E-state index contributed by atoms with van der Waals surface area (Å²) in [6, 6.07) is 4.37. The first-order valence-corrected chi connectivity index (χ1v) is 9.63. The number of fused-ring (bicyclic) bond motifs is 1. The summed E-state index contributed by atoms with van der Waals surface area (Å²) < 4.78 is 10.6. The fourth-order valence-electron chi connectivity index (χ4n) is 3.73. The highest BCUT2D eigenvalue weighted by Gasteiger charge is 2.39. The number of nitrogens with one attached hydrogen (secondary N) is 1. The van der Waals surface area contributed by atoms with Crippen molar-refractivity contribution in [2.75, 3.05) is 19.9 Å². The average Bonchev–Trinajstić information content (AvgIpc) is 3.36. The van der Waals surface area contributed by atoms with Gasteiger partial charge in [0.2, 0.25) is 12.7 Å². The molecule has 2 aliphatic rings. The van der Waals surface area contributed by atoms with Gasteiger partial charge in [-0.15, -0.1) is 0 Å². The van der Waals surface area contributed by atoms with Gasteiger partial charge in [0, 0.05) is 18.7 Å². The van der Waals surface area contributed by atoms with Crippen molar-refractivity contribution in [3.63, 3.8) is 0 Å². The Kier molecular flexibility index (Phi) is 5.76. The Labute approximate surface area is 163 Å². The lowest BCUT2D eigenvalue weighted by atomic mass is 9.82. The lowest BCUT2D eigenvalue weighted by Gasteiger charge is -2.29. The number of ether oxygens (including phenoxy) is 2. The van der Waals surface area contributed by atoms with Crippen LogP contribution < -0.4 is 14.8 Å². The zero-order valence-corrected chi connectivity index (χ0v) is 16.2. The zero-order chi connectivity index (χ0) is 20.3. The molecule has 0 radical (unpaired) electrons. The topological polar surface area (TPSA) is 105 Å². The average molecular weight is 390 g/mol. The molecule has 28 heavy (non-hydrogen) atoms. The second-order valence-corrected chi connectivity index (χ2v) is 7.24. The van der Waals surface area contributed by atoms with Gasteiger partial charge in [-0.3, -0.25) is 14.4 Å². The second kappa shape index (κ2) is 8.08. The Balaban J connectivity index is 1.69. The van der Waals surface area contributed by atoms with E-state index >= 15 is 0 Å². The number of carbonyl (C=O) groups is 3. The molecule has 2 N–H and O–H groups in total. The van der Waals surface area contributed by atoms with Crippen LogP contribution >= 0.6 is 0 Å². The van der Waals surface area contributed by atoms with E-state index in [2.05, 4.69) is 5.32 Å². The number of hydrogen-bond acceptors (Lipinski definition) is 5. The maximum Gasteiger partial charge on any atom is 0.311 e. The molecule has 0 aromatic heterocycles. The standard InChI is InChI=1S/C20H26N2O6/c1-3-20(4-2,19(25)26)11-21-17(23)14-6-5-9-22(14)18(24)13-7-8-15-16(10-13)28-12-27-15/h7-8,10,14H,3-6,9,11-12H2,1-2H3,(H,21,23)(H,25,26). The van der Waals surface area contributed by atoms with Gasteiger partial charge in [0.1, 0.15) is 6.04 Å². The molecule has 1 fully saturated rings. The van der Waals surface area contributed by atoms with Crippen LogP contribution in [0.4, 0.5) is 0 Å². The van der Waals surface area contributed by atoms with Gasteiger partial charge < -0.3 is 24.8 Å². The predicted octanol–water partition coefficient (Wildman–Crippen LogP) is 2.03. The minimum atomic E-state index is -0.986. The van der Waals surface area contributed by atoms with Crippen molar-refractivity contribution in [1.29, 1.82) is 0 Å². The van der Waals surface area contributed by atoms with Crippen LogP contribution in [0.15, 0.2) is 18.2 Å². The molecule has 2 aliphatic heterocycles. The predicted molar refractivity (Wildman–Crippen MR) is 100 cm³/mol. The summed E-state index contributed by atoms with van der Waals surface area (Å²) in [5.74, 6) is -0.359. The number of hydrogen-bond donors (Lipinski definition) is 2. The van der Waals surface area contributed by atoms with Crippen LogP contribution in [0.3, 0.4) is 0 Å². The summed E-state index contributed by atoms with van der Waals surface area (Å²) in [7, 11) is 0. The van der Waals surface area contributed by atoms with Crippen LogP contribution in [-0.4, -0.2) is 53.7 Å². The smallest absolute Gasteiger partial charge is 0.311 e. The van der Waals surface area contributed by atoms with Gasteiger partial charge in [0.15, 0.2) is 11.5 Å². The highest BCUT2D eigenvalue weighted by molar-refractivity contribution is 5.98. The van der Waals surface area contributed by atoms with E-state index in [-0.39, 0.29) is 25.2 Å². The summed E-state index contributed by atoms with van der Waals surface area (Å²) >= 11 is 0. The van der Waals surface area contributed by atoms with Crippen molar-refractivity contribution < 1.29 is 29.0 Å². The number of amides is 2. The van der Waals surface area contributed by atoms with Crippen molar-refractivity contribution in [2.24, 2.45) is 5.41 Å². The Bertz CT molecular complexity index is 774. The van der Waals surface area contributed by atoms with Crippen LogP contribution in [0.1, 0.15) is 49.9 Å². The summed E-state index contributed by atoms with van der Waals surface area (Å²) in [5, 5.41) is 12.3. The van der Waals surface area contributed by atoms with Crippen LogP contribution in [-0.2, 0) is 9.59 Å². The van der Waals surface area contributed by atoms with E-state index in [1.54, 1.807) is 36.9 Å². The van der Waals surface area contributed by atoms with Crippen molar-refractivity contribution in [3.05, 3.63) is 23.8 Å². The van der Waals surface area contributed by atoms with E-state index in [1.807, 2.05) is 0 Å². The lowest BCUT2D eigenvalue weighted by Crippen LogP contribution is -2.50. The number of carbonyl (C=O) groups excluding carboxylic acids is 2. The molecule has 1 aromatic rings. The second-order valence-electron chi connectivity index (χ2n) is 7.24. The Morgan fingerprint density at radius 3 is 2.61 bits per heavy atom. The van der Waals surface area contributed by atoms with Gasteiger partial charge in [-0.1, -0.05) is 13.8 Å². The maximum atomic E-state index is 12.9. The molecule has 1 saturated heterocycles. The number of nitrogens with zero attached hydrogens (tertiary/aromatic N) is 1. The minimum Gasteiger partial charge on any atom is -0.481 e. The molecule has 0 bridgehead atoms. The normalized spacial score (nSPS) is 18.2. The molecule has 1 unspecified atom stereocenters. The van der Waals surface area contributed by atoms with Gasteiger partial charge in [0.25, 0.3) is 5.91 Å². The minimum absolute atomic E-state index is 0.0523. The monoisotopic (exact) mass is 390 g/mol. The quantitative estimate of drug-likeness (QED) is 0.738. The molecule has 8 nitrogen and oxygen atoms in total. The van der Waals surface area contributed by atoms with E-state index in [0.29, 0.717) is 42.9 Å². The molecule has 0 aliphatic carbocycles. The number of aliphatic carboxylic acids is 1. The zero-order valence-electron chi connectivity index (χ0n) is 16.2. The van der Waals surface area contributed by atoms with Crippen LogP contribution in [0.2, 0.25) is 0 Å². The number of carboxylic acid groups (broad SMARTS) is 1. The summed E-state index contributed by atoms with van der Waals surface area (Å²) in [4.78, 5) is 38.9. The van der Waals surface area contributed by atoms with E-state index in [9.17, 15) is 19.5 Å². The molecule has 0 saturated carbocycles. The van der Waals surface area contributed by atoms with Gasteiger partial charge in [0.05, 0.1) is 5.41 Å². The molecule has 3 rings (SSSR count). The van der Waals surface area contributed by atoms with Crippen molar-refractivity contribution in [2.45, 2.75) is 45.6 Å². The first-order chi connectivity index (χ1) is 13.4. The van der Waals surface area contributed by atoms with Gasteiger partial charge >= 0.3 is 5.97 Å². The third-order valence-electron chi connectivity index (χ3n) is 5.84. The first kappa shape index (κ1) is 20.0. The SMILES string of the molecule is CCC(CC)(CNC(=O)C1CCCN1C(=O)c1ccc2c(c1)OCO2)C(=O)O. The number of rotatable bonds is 7. The third-order valence-corrected chi connectivity index (χ3v) is 5.84. The molecule has 2 heterocycles. The third kappa shape index (κ3) is 3.63. The molecule has 2 amide bonds. The fourth-order valence-corrected chi connectivity index (χ4v) is 3.73. The molecule has 0 spiro atoms. The van der Waals surface area contributed by atoms with E-state index in [4.69, 9.17) is 9.47 Å². The molecular weight excluding hydrogens is 364 g/mol. The fraction of sp³-hybridized carbons (Fsp3) is 0.550. The number of likely N-dealkylation sites (tertiary alicyclic amines) is 1. The van der Waals surface area contributed by atoms with Gasteiger partial charge in [-0.2, -0.15) is 0 Å². The Morgan fingerprint density at radius 2 is 1.93 bits per heavy atom. The lowest BCUT2D eigenvalue weighted by molar-refractivity contribution is -0.149. The molecule has 1 atom stereocenters. The molecule has 1 aromatic carbocycles. The van der Waals surface area contributed by atoms with Gasteiger partial charge in [-0.05, 0) is 43.9 Å². The van der Waals surface area contributed by atoms with Crippen molar-refractivity contribution >= 4 is 17.8 Å². The van der Waals surface area contributed by atoms with Crippen LogP contribution in [0.25, 0.3) is 0 Å². The van der Waals surface area contributed by atoms with Crippen LogP contribution in [0.5, 0.6) is 11.5 Å². The summed E-state index contributed by atoms with van der Waals surface area (Å²) in [6.07, 6.45) is 2.12. The van der Waals surface area contributed by atoms with Crippen LogP contribution in [0, 0.1) is 5.41 Å². The highest BCUT2D eigenvalue weighted by atomic mass is 16.7. The Hall–Kier alpha value is -2.77. The largest absolute Gasteiger partial charge is 0.481 e. The van der Waals surface area contributed by atoms with Crippen molar-refractivity contribution in [1.82, 2.24) is 10.2 Å². The number of benzene rings is 1. The maximum absolute atomic E-state index is 12.9. The highest BCUT2D eigenvalue weighted by Crippen LogP contribution is 2.33. The van der Waals surface area contributed by atoms with E-state index in [0.717, 1.165) is 6.42 Å². The van der Waals surface area contributed by atoms with E-state index < -0.39 is 17.4 Å². The molecular formula is C20H26N2O6. The molecule has 8 heteroatoms.